The lowest BCUT2D eigenvalue weighted by Crippen LogP contribution is -2.33. The standard InChI is InChI=1S/C30H28FNO3/c31-22-7-13-28-27(19-22)26-11-6-21-18-23(33)8-12-25(21)29(26)30(35-28)20-4-9-24(10-5-20)34-17-16-32-14-2-1-3-15-32/h4-13,18-19,30,33H,1-3,14-17H2. The molecule has 2 aliphatic rings. The number of hydrogen-bond donors (Lipinski definition) is 1. The van der Waals surface area contributed by atoms with Gasteiger partial charge in [-0.3, -0.25) is 4.90 Å². The van der Waals surface area contributed by atoms with Gasteiger partial charge in [-0.1, -0.05) is 36.8 Å². The van der Waals surface area contributed by atoms with E-state index < -0.39 is 0 Å². The number of hydrogen-bond acceptors (Lipinski definition) is 4. The fourth-order valence-electron chi connectivity index (χ4n) is 5.31. The minimum Gasteiger partial charge on any atom is -0.508 e. The average molecular weight is 470 g/mol. The third-order valence-corrected chi connectivity index (χ3v) is 7.09. The van der Waals surface area contributed by atoms with E-state index in [0.29, 0.717) is 12.4 Å². The number of phenolic OH excluding ortho intramolecular Hbond substituents is 1. The summed E-state index contributed by atoms with van der Waals surface area (Å²) < 4.78 is 26.6. The normalized spacial score (nSPS) is 17.5. The minimum atomic E-state index is -0.362. The van der Waals surface area contributed by atoms with E-state index >= 15 is 0 Å². The summed E-state index contributed by atoms with van der Waals surface area (Å²) in [6.07, 6.45) is 3.53. The largest absolute Gasteiger partial charge is 0.508 e. The van der Waals surface area contributed by atoms with Gasteiger partial charge in [-0.15, -0.1) is 0 Å². The monoisotopic (exact) mass is 469 g/mol. The molecule has 0 radical (unpaired) electrons. The van der Waals surface area contributed by atoms with Crippen LogP contribution in [0.5, 0.6) is 17.2 Å². The number of halogens is 1. The fraction of sp³-hybridized carbons (Fsp3) is 0.267. The maximum Gasteiger partial charge on any atom is 0.150 e. The number of phenols is 1. The maximum atomic E-state index is 14.1. The molecule has 6 rings (SSSR count). The molecule has 0 aromatic heterocycles. The van der Waals surface area contributed by atoms with Crippen molar-refractivity contribution >= 4 is 10.8 Å². The molecule has 2 aliphatic heterocycles. The number of aromatic hydroxyl groups is 1. The van der Waals surface area contributed by atoms with Gasteiger partial charge in [0, 0.05) is 17.7 Å². The molecule has 5 heteroatoms. The second-order valence-corrected chi connectivity index (χ2v) is 9.39. The summed E-state index contributed by atoms with van der Waals surface area (Å²) in [6.45, 7) is 3.96. The highest BCUT2D eigenvalue weighted by Gasteiger charge is 2.29. The van der Waals surface area contributed by atoms with Crippen LogP contribution >= 0.6 is 0 Å². The third kappa shape index (κ3) is 4.32. The Hall–Kier alpha value is -3.57. The highest BCUT2D eigenvalue weighted by molar-refractivity contribution is 5.95. The third-order valence-electron chi connectivity index (χ3n) is 7.09. The lowest BCUT2D eigenvalue weighted by Gasteiger charge is -2.30. The van der Waals surface area contributed by atoms with Crippen molar-refractivity contribution in [2.24, 2.45) is 0 Å². The van der Waals surface area contributed by atoms with Crippen molar-refractivity contribution in [1.29, 1.82) is 0 Å². The van der Waals surface area contributed by atoms with Crippen molar-refractivity contribution in [3.05, 3.63) is 89.7 Å². The molecule has 0 bridgehead atoms. The Labute approximate surface area is 204 Å². The molecule has 1 fully saturated rings. The molecule has 4 aromatic carbocycles. The highest BCUT2D eigenvalue weighted by Crippen LogP contribution is 2.48. The number of likely N-dealkylation sites (tertiary alicyclic amines) is 1. The van der Waals surface area contributed by atoms with Gasteiger partial charge in [0.1, 0.15) is 29.7 Å². The lowest BCUT2D eigenvalue weighted by molar-refractivity contribution is 0.183. The summed E-state index contributed by atoms with van der Waals surface area (Å²) >= 11 is 0. The number of ether oxygens (including phenoxy) is 2. The van der Waals surface area contributed by atoms with Gasteiger partial charge in [-0.25, -0.2) is 4.39 Å². The van der Waals surface area contributed by atoms with Crippen molar-refractivity contribution in [3.63, 3.8) is 0 Å². The second-order valence-electron chi connectivity index (χ2n) is 9.39. The van der Waals surface area contributed by atoms with E-state index in [-0.39, 0.29) is 17.7 Å². The van der Waals surface area contributed by atoms with E-state index in [1.165, 1.54) is 31.4 Å². The quantitative estimate of drug-likeness (QED) is 0.353. The first-order chi connectivity index (χ1) is 17.2. The number of piperidine rings is 1. The van der Waals surface area contributed by atoms with Crippen LogP contribution in [0.15, 0.2) is 72.8 Å². The molecule has 0 amide bonds. The van der Waals surface area contributed by atoms with E-state index in [2.05, 4.69) is 4.90 Å². The zero-order chi connectivity index (χ0) is 23.8. The molecule has 2 heterocycles. The molecule has 0 saturated carbocycles. The molecule has 1 saturated heterocycles. The summed E-state index contributed by atoms with van der Waals surface area (Å²) in [6, 6.07) is 22.0. The number of benzene rings is 4. The van der Waals surface area contributed by atoms with Gasteiger partial charge in [0.25, 0.3) is 0 Å². The number of rotatable bonds is 5. The van der Waals surface area contributed by atoms with Crippen LogP contribution in [-0.4, -0.2) is 36.2 Å². The molecule has 178 valence electrons. The van der Waals surface area contributed by atoms with Crippen LogP contribution in [0.2, 0.25) is 0 Å². The van der Waals surface area contributed by atoms with Crippen LogP contribution in [0.3, 0.4) is 0 Å². The van der Waals surface area contributed by atoms with Gasteiger partial charge < -0.3 is 14.6 Å². The highest BCUT2D eigenvalue weighted by atomic mass is 19.1. The van der Waals surface area contributed by atoms with Crippen LogP contribution < -0.4 is 9.47 Å². The average Bonchev–Trinajstić information content (AvgIpc) is 2.89. The first-order valence-corrected chi connectivity index (χ1v) is 12.3. The van der Waals surface area contributed by atoms with Crippen LogP contribution in [0.25, 0.3) is 21.9 Å². The van der Waals surface area contributed by atoms with Gasteiger partial charge in [-0.05, 0) is 90.3 Å². The molecule has 1 unspecified atom stereocenters. The summed E-state index contributed by atoms with van der Waals surface area (Å²) in [7, 11) is 0. The molecule has 0 aliphatic carbocycles. The van der Waals surface area contributed by atoms with E-state index in [9.17, 15) is 9.50 Å². The van der Waals surface area contributed by atoms with Crippen LogP contribution in [0.4, 0.5) is 4.39 Å². The molecule has 4 aromatic rings. The van der Waals surface area contributed by atoms with Crippen molar-refractivity contribution in [2.45, 2.75) is 25.4 Å². The van der Waals surface area contributed by atoms with Gasteiger partial charge in [0.15, 0.2) is 6.10 Å². The molecule has 35 heavy (non-hydrogen) atoms. The predicted octanol–water partition coefficient (Wildman–Crippen LogP) is 6.70. The Balaban J connectivity index is 1.31. The molecule has 0 spiro atoms. The lowest BCUT2D eigenvalue weighted by atomic mass is 9.86. The van der Waals surface area contributed by atoms with E-state index in [1.54, 1.807) is 18.2 Å². The van der Waals surface area contributed by atoms with Gasteiger partial charge in [0.05, 0.1) is 0 Å². The van der Waals surface area contributed by atoms with Gasteiger partial charge in [-0.2, -0.15) is 0 Å². The van der Waals surface area contributed by atoms with E-state index in [4.69, 9.17) is 9.47 Å². The Bertz CT molecular complexity index is 1360. The molecular weight excluding hydrogens is 441 g/mol. The van der Waals surface area contributed by atoms with Crippen molar-refractivity contribution in [2.75, 3.05) is 26.2 Å². The van der Waals surface area contributed by atoms with Crippen molar-refractivity contribution in [3.8, 4) is 28.4 Å². The van der Waals surface area contributed by atoms with Crippen LogP contribution in [-0.2, 0) is 0 Å². The van der Waals surface area contributed by atoms with E-state index in [0.717, 1.165) is 58.4 Å². The smallest absolute Gasteiger partial charge is 0.150 e. The summed E-state index contributed by atoms with van der Waals surface area (Å²) in [4.78, 5) is 2.47. The molecular formula is C30H28FNO3. The van der Waals surface area contributed by atoms with Crippen LogP contribution in [0, 0.1) is 5.82 Å². The molecule has 4 nitrogen and oxygen atoms in total. The Morgan fingerprint density at radius 1 is 0.886 bits per heavy atom. The summed E-state index contributed by atoms with van der Waals surface area (Å²) in [5.41, 5.74) is 3.64. The summed E-state index contributed by atoms with van der Waals surface area (Å²) in [5, 5.41) is 11.9. The van der Waals surface area contributed by atoms with Gasteiger partial charge in [0.2, 0.25) is 0 Å². The SMILES string of the molecule is Oc1ccc2c3c(ccc2c1)-c1cc(F)ccc1OC3c1ccc(OCCN2CCCCC2)cc1. The fourth-order valence-corrected chi connectivity index (χ4v) is 5.31. The maximum absolute atomic E-state index is 14.1. The van der Waals surface area contributed by atoms with Crippen molar-refractivity contribution in [1.82, 2.24) is 4.90 Å². The molecule has 1 atom stereocenters. The number of fused-ring (bicyclic) bond motifs is 5. The number of nitrogens with zero attached hydrogens (tertiary/aromatic N) is 1. The van der Waals surface area contributed by atoms with Crippen LogP contribution in [0.1, 0.15) is 36.5 Å². The summed E-state index contributed by atoms with van der Waals surface area (Å²) in [5.74, 6) is 1.41. The zero-order valence-electron chi connectivity index (χ0n) is 19.5. The Kier molecular flexibility index (Phi) is 5.78. The minimum absolute atomic E-state index is 0.211. The molecule has 1 N–H and O–H groups in total. The second kappa shape index (κ2) is 9.23. The first kappa shape index (κ1) is 21.9. The Morgan fingerprint density at radius 2 is 1.71 bits per heavy atom. The van der Waals surface area contributed by atoms with E-state index in [1.807, 2.05) is 42.5 Å². The first-order valence-electron chi connectivity index (χ1n) is 12.3. The van der Waals surface area contributed by atoms with Gasteiger partial charge >= 0.3 is 0 Å². The zero-order valence-corrected chi connectivity index (χ0v) is 19.5. The topological polar surface area (TPSA) is 41.9 Å². The Morgan fingerprint density at radius 3 is 2.54 bits per heavy atom. The predicted molar refractivity (Wildman–Crippen MR) is 136 cm³/mol. The van der Waals surface area contributed by atoms with Crippen molar-refractivity contribution < 1.29 is 19.0 Å².